The lowest BCUT2D eigenvalue weighted by Crippen LogP contribution is -2.23. The summed E-state index contributed by atoms with van der Waals surface area (Å²) in [5, 5.41) is 4.04. The molecule has 0 saturated carbocycles. The summed E-state index contributed by atoms with van der Waals surface area (Å²) in [7, 11) is 3.23. The van der Waals surface area contributed by atoms with E-state index in [2.05, 4.69) is 18.3 Å². The van der Waals surface area contributed by atoms with E-state index in [1.807, 2.05) is 43.3 Å². The molecule has 3 rings (SSSR count). The van der Waals surface area contributed by atoms with Crippen LogP contribution in [0.25, 0.3) is 16.5 Å². The highest BCUT2D eigenvalue weighted by molar-refractivity contribution is 6.00. The smallest absolute Gasteiger partial charge is 0.244 e. The molecular formula is C26H31NO4. The molecule has 0 saturated heterocycles. The topological polar surface area (TPSA) is 60.7 Å². The van der Waals surface area contributed by atoms with Crippen molar-refractivity contribution in [2.75, 3.05) is 20.8 Å². The molecule has 0 bridgehead atoms. The summed E-state index contributed by atoms with van der Waals surface area (Å²) < 4.78 is 16.7. The molecule has 5 heteroatoms. The van der Waals surface area contributed by atoms with Gasteiger partial charge in [-0.3, -0.25) is 4.79 Å². The number of nitrogens with one attached hydrogen (secondary N) is 1. The third-order valence-corrected chi connectivity index (χ3v) is 5.33. The number of carbonyl (C=O) groups excluding carboxylic acids is 1. The number of fused-ring (bicyclic) bond motifs is 1. The van der Waals surface area contributed by atoms with Gasteiger partial charge in [0.1, 0.15) is 11.3 Å². The van der Waals surface area contributed by atoms with Gasteiger partial charge < -0.3 is 19.2 Å². The van der Waals surface area contributed by atoms with Crippen molar-refractivity contribution in [2.45, 2.75) is 39.5 Å². The molecule has 31 heavy (non-hydrogen) atoms. The quantitative estimate of drug-likeness (QED) is 0.436. The fourth-order valence-corrected chi connectivity index (χ4v) is 3.73. The second-order valence-corrected chi connectivity index (χ2v) is 7.56. The minimum atomic E-state index is -0.107. The van der Waals surface area contributed by atoms with Crippen LogP contribution < -0.4 is 14.8 Å². The zero-order valence-electron chi connectivity index (χ0n) is 18.8. The molecule has 0 fully saturated rings. The van der Waals surface area contributed by atoms with Gasteiger partial charge in [-0.15, -0.1) is 0 Å². The van der Waals surface area contributed by atoms with E-state index in [4.69, 9.17) is 13.9 Å². The Morgan fingerprint density at radius 2 is 1.84 bits per heavy atom. The molecule has 1 aromatic heterocycles. The van der Waals surface area contributed by atoms with Gasteiger partial charge in [-0.2, -0.15) is 0 Å². The Hall–Kier alpha value is -3.21. The lowest BCUT2D eigenvalue weighted by atomic mass is 10.0. The van der Waals surface area contributed by atoms with Gasteiger partial charge in [0.25, 0.3) is 0 Å². The third kappa shape index (κ3) is 5.48. The summed E-state index contributed by atoms with van der Waals surface area (Å²) in [4.78, 5) is 12.6. The molecule has 0 aliphatic carbocycles. The third-order valence-electron chi connectivity index (χ3n) is 5.33. The summed E-state index contributed by atoms with van der Waals surface area (Å²) in [6.45, 7) is 4.67. The minimum absolute atomic E-state index is 0.107. The van der Waals surface area contributed by atoms with E-state index in [0.717, 1.165) is 52.7 Å². The number of amides is 1. The van der Waals surface area contributed by atoms with Crippen LogP contribution in [0.15, 0.2) is 53.0 Å². The van der Waals surface area contributed by atoms with Crippen LogP contribution in [0.1, 0.15) is 43.6 Å². The number of furan rings is 1. The summed E-state index contributed by atoms with van der Waals surface area (Å²) in [5.41, 5.74) is 3.89. The maximum atomic E-state index is 12.6. The molecule has 0 unspecified atom stereocenters. The number of allylic oxidation sites excluding steroid dienone is 1. The molecule has 0 radical (unpaired) electrons. The van der Waals surface area contributed by atoms with Gasteiger partial charge in [-0.1, -0.05) is 37.6 Å². The first-order chi connectivity index (χ1) is 15.1. The average Bonchev–Trinajstić information content (AvgIpc) is 3.15. The van der Waals surface area contributed by atoms with E-state index < -0.39 is 0 Å². The summed E-state index contributed by atoms with van der Waals surface area (Å²) in [5.74, 6) is 2.23. The van der Waals surface area contributed by atoms with Gasteiger partial charge in [-0.05, 0) is 49.1 Å². The molecule has 1 heterocycles. The van der Waals surface area contributed by atoms with Gasteiger partial charge in [0.2, 0.25) is 5.91 Å². The van der Waals surface area contributed by atoms with Crippen LogP contribution in [0.2, 0.25) is 0 Å². The Morgan fingerprint density at radius 3 is 2.58 bits per heavy atom. The number of hydrogen-bond donors (Lipinski definition) is 1. The number of aryl methyl sites for hydroxylation is 1. The second-order valence-electron chi connectivity index (χ2n) is 7.56. The van der Waals surface area contributed by atoms with Crippen LogP contribution in [0, 0.1) is 0 Å². The van der Waals surface area contributed by atoms with Crippen molar-refractivity contribution in [2.24, 2.45) is 0 Å². The lowest BCUT2D eigenvalue weighted by Gasteiger charge is -2.10. The van der Waals surface area contributed by atoms with Crippen molar-refractivity contribution in [3.63, 3.8) is 0 Å². The van der Waals surface area contributed by atoms with Crippen LogP contribution in [-0.2, 0) is 17.6 Å². The minimum Gasteiger partial charge on any atom is -0.493 e. The lowest BCUT2D eigenvalue weighted by molar-refractivity contribution is -0.116. The number of hydrogen-bond acceptors (Lipinski definition) is 4. The van der Waals surface area contributed by atoms with Gasteiger partial charge in [0.05, 0.1) is 14.2 Å². The Balaban J connectivity index is 1.69. The van der Waals surface area contributed by atoms with Crippen molar-refractivity contribution in [3.8, 4) is 11.5 Å². The number of rotatable bonds is 10. The molecule has 2 aromatic carbocycles. The predicted octanol–water partition coefficient (Wildman–Crippen LogP) is 5.55. The fourth-order valence-electron chi connectivity index (χ4n) is 3.73. The Kier molecular flexibility index (Phi) is 7.76. The molecule has 0 atom stereocenters. The van der Waals surface area contributed by atoms with Crippen LogP contribution in [0.3, 0.4) is 0 Å². The van der Waals surface area contributed by atoms with Gasteiger partial charge >= 0.3 is 0 Å². The van der Waals surface area contributed by atoms with E-state index in [1.165, 1.54) is 0 Å². The average molecular weight is 422 g/mol. The van der Waals surface area contributed by atoms with Gasteiger partial charge in [-0.25, -0.2) is 0 Å². The van der Waals surface area contributed by atoms with Crippen molar-refractivity contribution in [1.29, 1.82) is 0 Å². The maximum Gasteiger partial charge on any atom is 0.244 e. The molecule has 5 nitrogen and oxygen atoms in total. The highest BCUT2D eigenvalue weighted by atomic mass is 16.5. The monoisotopic (exact) mass is 421 g/mol. The summed E-state index contributed by atoms with van der Waals surface area (Å²) in [6.07, 6.45) is 5.39. The number of benzene rings is 2. The Morgan fingerprint density at radius 1 is 1.06 bits per heavy atom. The number of methoxy groups -OCH3 is 2. The SMILES string of the molecule is CCCCc1oc2ccccc2c1C(C)=CC(=O)NCCc1ccc(OC)c(OC)c1. The van der Waals surface area contributed by atoms with Crippen molar-refractivity contribution >= 4 is 22.4 Å². The normalized spacial score (nSPS) is 11.5. The highest BCUT2D eigenvalue weighted by Crippen LogP contribution is 2.32. The van der Waals surface area contributed by atoms with Crippen LogP contribution >= 0.6 is 0 Å². The van der Waals surface area contributed by atoms with E-state index in [0.29, 0.717) is 24.5 Å². The number of ether oxygens (including phenoxy) is 2. The molecule has 164 valence electrons. The van der Waals surface area contributed by atoms with E-state index in [-0.39, 0.29) is 5.91 Å². The molecule has 0 spiro atoms. The first-order valence-electron chi connectivity index (χ1n) is 10.7. The Labute approximate surface area is 184 Å². The standard InChI is InChI=1S/C26H31NO4/c1-5-6-10-23-26(20-9-7-8-11-21(20)31-23)18(2)16-25(28)27-15-14-19-12-13-22(29-3)24(17-19)30-4/h7-9,11-13,16-17H,5-6,10,14-15H2,1-4H3,(H,27,28). The maximum absolute atomic E-state index is 12.6. The highest BCUT2D eigenvalue weighted by Gasteiger charge is 2.15. The largest absolute Gasteiger partial charge is 0.493 e. The first-order valence-corrected chi connectivity index (χ1v) is 10.7. The summed E-state index contributed by atoms with van der Waals surface area (Å²) >= 11 is 0. The molecule has 1 amide bonds. The van der Waals surface area contributed by atoms with Crippen LogP contribution in [0.4, 0.5) is 0 Å². The number of unbranched alkanes of at least 4 members (excludes halogenated alkanes) is 1. The molecular weight excluding hydrogens is 390 g/mol. The second kappa shape index (κ2) is 10.7. The number of carbonyl (C=O) groups is 1. The van der Waals surface area contributed by atoms with Gasteiger partial charge in [0.15, 0.2) is 11.5 Å². The van der Waals surface area contributed by atoms with E-state index in [1.54, 1.807) is 20.3 Å². The fraction of sp³-hybridized carbons (Fsp3) is 0.346. The molecule has 3 aromatic rings. The van der Waals surface area contributed by atoms with Crippen molar-refractivity contribution in [1.82, 2.24) is 5.32 Å². The summed E-state index contributed by atoms with van der Waals surface area (Å²) in [6, 6.07) is 13.8. The number of para-hydroxylation sites is 1. The van der Waals surface area contributed by atoms with Crippen molar-refractivity contribution in [3.05, 3.63) is 65.4 Å². The zero-order valence-corrected chi connectivity index (χ0v) is 18.8. The van der Waals surface area contributed by atoms with Gasteiger partial charge in [0, 0.05) is 30.0 Å². The molecule has 0 aliphatic heterocycles. The van der Waals surface area contributed by atoms with Crippen molar-refractivity contribution < 1.29 is 18.7 Å². The first kappa shape index (κ1) is 22.5. The van der Waals surface area contributed by atoms with E-state index in [9.17, 15) is 4.79 Å². The molecule has 0 aliphatic rings. The Bertz CT molecular complexity index is 1060. The van der Waals surface area contributed by atoms with Crippen LogP contribution in [0.5, 0.6) is 11.5 Å². The van der Waals surface area contributed by atoms with E-state index >= 15 is 0 Å². The molecule has 1 N–H and O–H groups in total. The zero-order chi connectivity index (χ0) is 22.2. The van der Waals surface area contributed by atoms with Crippen LogP contribution in [-0.4, -0.2) is 26.7 Å². The predicted molar refractivity (Wildman–Crippen MR) is 125 cm³/mol.